The maximum Gasteiger partial charge on any atom is 0.356 e. The van der Waals surface area contributed by atoms with E-state index in [1.165, 1.54) is 42.3 Å². The van der Waals surface area contributed by atoms with E-state index in [4.69, 9.17) is 15.3 Å². The quantitative estimate of drug-likeness (QED) is 0.0507. The molecule has 2 aliphatic heterocycles. The Balaban J connectivity index is 1.29. The minimum atomic E-state index is -1.71. The van der Waals surface area contributed by atoms with Gasteiger partial charge in [0, 0.05) is 16.6 Å². The van der Waals surface area contributed by atoms with Gasteiger partial charge in [0.15, 0.2) is 11.8 Å². The molecule has 3 aromatic carbocycles. The fourth-order valence-electron chi connectivity index (χ4n) is 5.62. The summed E-state index contributed by atoms with van der Waals surface area (Å²) in [5.74, 6) is -2.62. The van der Waals surface area contributed by atoms with E-state index in [2.05, 4.69) is 31.1 Å². The van der Waals surface area contributed by atoms with E-state index in [9.17, 15) is 24.0 Å². The Morgan fingerprint density at radius 3 is 2.19 bits per heavy atom. The van der Waals surface area contributed by atoms with Crippen LogP contribution >= 0.6 is 23.5 Å². The fourth-order valence-corrected chi connectivity index (χ4v) is 8.03. The largest absolute Gasteiger partial charge is 0.448 e. The number of tetrazole rings is 1. The average molecular weight is 770 g/mol. The molecule has 1 unspecified atom stereocenters. The molecule has 0 radical (unpaired) electrons. The summed E-state index contributed by atoms with van der Waals surface area (Å²) in [6.07, 6.45) is -0.785. The Bertz CT molecular complexity index is 2040. The second-order valence-electron chi connectivity index (χ2n) is 12.5. The minimum absolute atomic E-state index is 0.0668. The van der Waals surface area contributed by atoms with Crippen LogP contribution in [0.1, 0.15) is 43.6 Å². The van der Waals surface area contributed by atoms with Crippen LogP contribution in [0, 0.1) is 0 Å². The van der Waals surface area contributed by atoms with Gasteiger partial charge in [-0.3, -0.25) is 24.6 Å². The molecule has 5 N–H and O–H groups in total. The summed E-state index contributed by atoms with van der Waals surface area (Å²) in [7, 11) is 0. The summed E-state index contributed by atoms with van der Waals surface area (Å²) >= 11 is 2.62. The van der Waals surface area contributed by atoms with Crippen molar-refractivity contribution in [2.45, 2.75) is 54.3 Å². The summed E-state index contributed by atoms with van der Waals surface area (Å²) in [5, 5.41) is 22.1. The van der Waals surface area contributed by atoms with Crippen LogP contribution in [0.3, 0.4) is 0 Å². The molecule has 54 heavy (non-hydrogen) atoms. The highest BCUT2D eigenvalue weighted by molar-refractivity contribution is 8.01. The van der Waals surface area contributed by atoms with Crippen LogP contribution in [-0.2, 0) is 28.8 Å². The number of benzene rings is 3. The number of ether oxygens (including phenoxy) is 1. The fraction of sp³-hybridized carbons (Fsp3) is 0.250. The number of hydrogen-bond acceptors (Lipinski definition) is 13. The number of β-lactam (4-membered cyclic amide) rings is 1. The van der Waals surface area contributed by atoms with Gasteiger partial charge in [0.05, 0.1) is 0 Å². The lowest BCUT2D eigenvalue weighted by molar-refractivity contribution is -0.154. The highest BCUT2D eigenvalue weighted by atomic mass is 32.2. The lowest BCUT2D eigenvalue weighted by Crippen LogP contribution is -2.71. The normalized spacial score (nSPS) is 17.6. The Kier molecular flexibility index (Phi) is 11.4. The van der Waals surface area contributed by atoms with E-state index in [0.717, 1.165) is 11.1 Å². The molecule has 6 rings (SSSR count). The van der Waals surface area contributed by atoms with Gasteiger partial charge < -0.3 is 20.6 Å². The first-order chi connectivity index (χ1) is 25.9. The number of urea groups is 1. The number of aromatic nitrogens is 4. The van der Waals surface area contributed by atoms with E-state index in [0.29, 0.717) is 22.0 Å². The van der Waals surface area contributed by atoms with Crippen LogP contribution in [-0.4, -0.2) is 89.0 Å². The molecule has 3 heterocycles. The van der Waals surface area contributed by atoms with Crippen molar-refractivity contribution in [1.82, 2.24) is 36.2 Å². The van der Waals surface area contributed by atoms with Crippen LogP contribution in [0.4, 0.5) is 4.79 Å². The number of rotatable bonds is 13. The molecule has 5 amide bonds. The van der Waals surface area contributed by atoms with Gasteiger partial charge in [-0.05, 0) is 42.7 Å². The molecule has 0 spiro atoms. The van der Waals surface area contributed by atoms with Crippen molar-refractivity contribution < 1.29 is 33.5 Å². The molecule has 0 saturated carbocycles. The third-order valence-corrected chi connectivity index (χ3v) is 10.7. The number of aromatic amines is 1. The Morgan fingerprint density at radius 2 is 1.61 bits per heavy atom. The predicted molar refractivity (Wildman–Crippen MR) is 198 cm³/mol. The third-order valence-electron chi connectivity index (χ3n) is 8.42. The van der Waals surface area contributed by atoms with Crippen LogP contribution in [0.25, 0.3) is 0 Å². The van der Waals surface area contributed by atoms with Crippen LogP contribution in [0.5, 0.6) is 0 Å². The van der Waals surface area contributed by atoms with Crippen molar-refractivity contribution in [2.75, 3.05) is 5.75 Å². The number of fused-ring (bicyclic) bond motifs is 1. The van der Waals surface area contributed by atoms with Gasteiger partial charge in [-0.15, -0.1) is 22.0 Å². The first-order valence-electron chi connectivity index (χ1n) is 16.6. The highest BCUT2D eigenvalue weighted by Crippen LogP contribution is 2.44. The first-order valence-corrected chi connectivity index (χ1v) is 18.5. The van der Waals surface area contributed by atoms with Gasteiger partial charge in [0.1, 0.15) is 17.1 Å². The SMILES string of the molecule is CC(Sc1nn[nH]n1)C1=C(C(=O)OC(c2ccccc2)c2ccccc2)N2C(=O)[C@@H](NC(=O)C(=NOC(C)(C)C(=O)NC(N)=O)c3ccccc3)[C@H]2SC1. The van der Waals surface area contributed by atoms with E-state index in [1.54, 1.807) is 30.3 Å². The molecule has 0 aliphatic carbocycles. The van der Waals surface area contributed by atoms with E-state index < -0.39 is 52.8 Å². The number of amides is 5. The van der Waals surface area contributed by atoms with Crippen molar-refractivity contribution in [3.8, 4) is 0 Å². The van der Waals surface area contributed by atoms with Crippen molar-refractivity contribution in [2.24, 2.45) is 10.9 Å². The summed E-state index contributed by atoms with van der Waals surface area (Å²) in [6, 6.07) is 24.7. The second kappa shape index (κ2) is 16.3. The number of nitrogens with two attached hydrogens (primary N) is 1. The van der Waals surface area contributed by atoms with Crippen molar-refractivity contribution >= 4 is 59.0 Å². The molecule has 3 atom stereocenters. The number of imide groups is 1. The standard InChI is InChI=1S/C36H35N9O7S2/c1-20(54-35-40-43-44-41-35)24-19-53-31-26(38-29(46)25(21-13-7-4-8-14-21)42-52-36(2,3)33(49)39-34(37)50)30(47)45(31)27(24)32(48)51-28(22-15-9-5-10-16-22)23-17-11-6-12-18-23/h4-18,20,26,28,31H,19H2,1-3H3,(H,38,46)(H3,37,39,49,50)(H,40,41,43,44)/t20?,26-,31-/m1/s1. The molecule has 1 fully saturated rings. The average Bonchev–Trinajstić information content (AvgIpc) is 3.69. The minimum Gasteiger partial charge on any atom is -0.448 e. The maximum absolute atomic E-state index is 14.4. The van der Waals surface area contributed by atoms with Crippen LogP contribution in [0.15, 0.2) is 113 Å². The zero-order chi connectivity index (χ0) is 38.4. The monoisotopic (exact) mass is 769 g/mol. The Labute approximate surface area is 317 Å². The van der Waals surface area contributed by atoms with Crippen molar-refractivity contribution in [3.05, 3.63) is 119 Å². The molecule has 16 nitrogen and oxygen atoms in total. The summed E-state index contributed by atoms with van der Waals surface area (Å²) < 4.78 is 6.25. The van der Waals surface area contributed by atoms with E-state index in [-0.39, 0.29) is 16.7 Å². The number of H-pyrrole nitrogens is 1. The lowest BCUT2D eigenvalue weighted by Gasteiger charge is -2.50. The summed E-state index contributed by atoms with van der Waals surface area (Å²) in [4.78, 5) is 72.9. The summed E-state index contributed by atoms with van der Waals surface area (Å²) in [5.41, 5.74) is 5.62. The van der Waals surface area contributed by atoms with Gasteiger partial charge in [0.2, 0.25) is 10.8 Å². The third kappa shape index (κ3) is 8.29. The number of carbonyl (C=O) groups excluding carboxylic acids is 5. The van der Waals surface area contributed by atoms with Gasteiger partial charge in [-0.1, -0.05) is 108 Å². The van der Waals surface area contributed by atoms with E-state index >= 15 is 0 Å². The van der Waals surface area contributed by atoms with Gasteiger partial charge in [0.25, 0.3) is 17.7 Å². The topological polar surface area (TPSA) is 224 Å². The van der Waals surface area contributed by atoms with Gasteiger partial charge in [-0.2, -0.15) is 5.21 Å². The molecular formula is C36H35N9O7S2. The molecule has 2 aliphatic rings. The van der Waals surface area contributed by atoms with E-state index in [1.807, 2.05) is 72.9 Å². The molecule has 0 bridgehead atoms. The number of hydrogen-bond donors (Lipinski definition) is 4. The highest BCUT2D eigenvalue weighted by Gasteiger charge is 2.55. The maximum atomic E-state index is 14.4. The number of primary amides is 1. The molecule has 4 aromatic rings. The number of esters is 1. The molecular weight excluding hydrogens is 735 g/mol. The number of nitrogens with one attached hydrogen (secondary N) is 3. The summed E-state index contributed by atoms with van der Waals surface area (Å²) in [6.45, 7) is 4.54. The van der Waals surface area contributed by atoms with Crippen LogP contribution < -0.4 is 16.4 Å². The van der Waals surface area contributed by atoms with Crippen LogP contribution in [0.2, 0.25) is 0 Å². The number of nitrogens with zero attached hydrogens (tertiary/aromatic N) is 5. The number of carbonyl (C=O) groups is 5. The molecule has 18 heteroatoms. The number of oxime groups is 1. The van der Waals surface area contributed by atoms with Crippen molar-refractivity contribution in [1.29, 1.82) is 0 Å². The first kappa shape index (κ1) is 37.7. The number of thioether (sulfide) groups is 2. The zero-order valence-corrected chi connectivity index (χ0v) is 30.8. The molecule has 1 saturated heterocycles. The van der Waals surface area contributed by atoms with Gasteiger partial charge in [-0.25, -0.2) is 9.59 Å². The Morgan fingerprint density at radius 1 is 1.00 bits per heavy atom. The molecule has 1 aromatic heterocycles. The zero-order valence-electron chi connectivity index (χ0n) is 29.2. The second-order valence-corrected chi connectivity index (χ2v) is 14.9. The van der Waals surface area contributed by atoms with Gasteiger partial charge >= 0.3 is 12.0 Å². The lowest BCUT2D eigenvalue weighted by atomic mass is 9.99. The Hall–Kier alpha value is -6.01. The predicted octanol–water partition coefficient (Wildman–Crippen LogP) is 3.06. The molecule has 278 valence electrons. The smallest absolute Gasteiger partial charge is 0.356 e. The van der Waals surface area contributed by atoms with Crippen molar-refractivity contribution in [3.63, 3.8) is 0 Å².